The first-order valence-corrected chi connectivity index (χ1v) is 12.7. The SMILES string of the molecule is CSc1cc(F)c(F)cc1-c1ccc(OCc2cccc(C(=O)N(CC(=O)O)Cc3coc(C)n3)c2)cc1. The molecule has 0 aliphatic carbocycles. The largest absolute Gasteiger partial charge is 0.489 e. The quantitative estimate of drug-likeness (QED) is 0.249. The first-order valence-electron chi connectivity index (χ1n) is 11.5. The van der Waals surface area contributed by atoms with Gasteiger partial charge in [-0.1, -0.05) is 24.3 Å². The van der Waals surface area contributed by atoms with Crippen LogP contribution in [-0.4, -0.2) is 39.7 Å². The van der Waals surface area contributed by atoms with Crippen molar-refractivity contribution in [3.05, 3.63) is 101 Å². The molecule has 3 aromatic carbocycles. The summed E-state index contributed by atoms with van der Waals surface area (Å²) in [5.41, 5.74) is 2.77. The number of aryl methyl sites for hydroxylation is 1. The molecule has 196 valence electrons. The molecule has 38 heavy (non-hydrogen) atoms. The van der Waals surface area contributed by atoms with Crippen molar-refractivity contribution in [3.8, 4) is 16.9 Å². The Morgan fingerprint density at radius 3 is 2.47 bits per heavy atom. The number of thioether (sulfide) groups is 1. The molecule has 0 unspecified atom stereocenters. The summed E-state index contributed by atoms with van der Waals surface area (Å²) in [5, 5.41) is 9.28. The highest BCUT2D eigenvalue weighted by molar-refractivity contribution is 7.98. The molecule has 7 nitrogen and oxygen atoms in total. The third-order valence-electron chi connectivity index (χ3n) is 5.62. The summed E-state index contributed by atoms with van der Waals surface area (Å²) in [6.07, 6.45) is 3.18. The van der Waals surface area contributed by atoms with Gasteiger partial charge in [-0.15, -0.1) is 11.8 Å². The van der Waals surface area contributed by atoms with Crippen LogP contribution >= 0.6 is 11.8 Å². The van der Waals surface area contributed by atoms with E-state index in [1.54, 1.807) is 61.7 Å². The molecule has 1 amide bonds. The highest BCUT2D eigenvalue weighted by atomic mass is 32.2. The Morgan fingerprint density at radius 1 is 1.08 bits per heavy atom. The maximum atomic E-state index is 13.8. The minimum Gasteiger partial charge on any atom is -0.489 e. The molecule has 4 aromatic rings. The fourth-order valence-electron chi connectivity index (χ4n) is 3.84. The normalized spacial score (nSPS) is 10.8. The van der Waals surface area contributed by atoms with Crippen molar-refractivity contribution in [1.82, 2.24) is 9.88 Å². The summed E-state index contributed by atoms with van der Waals surface area (Å²) in [6.45, 7) is 1.32. The first-order chi connectivity index (χ1) is 18.2. The molecule has 10 heteroatoms. The topological polar surface area (TPSA) is 92.9 Å². The Labute approximate surface area is 222 Å². The van der Waals surface area contributed by atoms with Crippen molar-refractivity contribution in [2.45, 2.75) is 25.0 Å². The highest BCUT2D eigenvalue weighted by Gasteiger charge is 2.21. The van der Waals surface area contributed by atoms with Gasteiger partial charge in [0.15, 0.2) is 17.5 Å². The molecule has 0 atom stereocenters. The van der Waals surface area contributed by atoms with E-state index in [1.165, 1.54) is 35.1 Å². The Hall–Kier alpha value is -4.18. The van der Waals surface area contributed by atoms with E-state index in [0.717, 1.165) is 0 Å². The van der Waals surface area contributed by atoms with Crippen molar-refractivity contribution in [1.29, 1.82) is 0 Å². The summed E-state index contributed by atoms with van der Waals surface area (Å²) in [7, 11) is 0. The highest BCUT2D eigenvalue weighted by Crippen LogP contribution is 2.33. The van der Waals surface area contributed by atoms with Gasteiger partial charge in [-0.05, 0) is 59.3 Å². The number of hydrogen-bond acceptors (Lipinski definition) is 6. The Bertz CT molecular complexity index is 1460. The zero-order valence-electron chi connectivity index (χ0n) is 20.6. The molecule has 0 saturated heterocycles. The van der Waals surface area contributed by atoms with Crippen molar-refractivity contribution >= 4 is 23.6 Å². The zero-order valence-corrected chi connectivity index (χ0v) is 21.4. The van der Waals surface area contributed by atoms with Gasteiger partial charge in [0.25, 0.3) is 5.91 Å². The molecule has 0 aliphatic heterocycles. The molecule has 0 fully saturated rings. The van der Waals surface area contributed by atoms with Gasteiger partial charge in [0, 0.05) is 17.4 Å². The van der Waals surface area contributed by atoms with Gasteiger partial charge >= 0.3 is 5.97 Å². The van der Waals surface area contributed by atoms with E-state index >= 15 is 0 Å². The predicted octanol–water partition coefficient (Wildman–Crippen LogP) is 5.96. The van der Waals surface area contributed by atoms with E-state index in [1.807, 2.05) is 0 Å². The van der Waals surface area contributed by atoms with E-state index in [0.29, 0.717) is 44.5 Å². The smallest absolute Gasteiger partial charge is 0.323 e. The number of benzene rings is 3. The Balaban J connectivity index is 1.45. The average Bonchev–Trinajstić information content (AvgIpc) is 3.32. The molecule has 0 saturated carbocycles. The fraction of sp³-hybridized carbons (Fsp3) is 0.179. The van der Waals surface area contributed by atoms with Crippen molar-refractivity contribution in [2.24, 2.45) is 0 Å². The fourth-order valence-corrected chi connectivity index (χ4v) is 4.45. The van der Waals surface area contributed by atoms with Gasteiger partial charge in [0.1, 0.15) is 25.2 Å². The Morgan fingerprint density at radius 2 is 1.82 bits per heavy atom. The minimum atomic E-state index is -1.14. The van der Waals surface area contributed by atoms with Gasteiger partial charge in [-0.3, -0.25) is 9.59 Å². The number of hydrogen-bond donors (Lipinski definition) is 1. The van der Waals surface area contributed by atoms with Crippen LogP contribution in [0.4, 0.5) is 8.78 Å². The lowest BCUT2D eigenvalue weighted by atomic mass is 10.1. The number of carboxylic acid groups (broad SMARTS) is 1. The van der Waals surface area contributed by atoms with Crippen molar-refractivity contribution in [3.63, 3.8) is 0 Å². The summed E-state index contributed by atoms with van der Waals surface area (Å²) in [4.78, 5) is 30.4. The third kappa shape index (κ3) is 6.57. The van der Waals surface area contributed by atoms with Gasteiger partial charge in [-0.25, -0.2) is 13.8 Å². The van der Waals surface area contributed by atoms with Crippen LogP contribution in [0.25, 0.3) is 11.1 Å². The van der Waals surface area contributed by atoms with Crippen LogP contribution in [0.5, 0.6) is 5.75 Å². The van der Waals surface area contributed by atoms with Crippen molar-refractivity contribution < 1.29 is 32.6 Å². The molecule has 0 aliphatic rings. The standard InChI is InChI=1S/C28H24F2N2O5S/c1-17-31-21(16-36-17)13-32(14-27(33)34)28(35)20-5-3-4-18(10-20)15-37-22-8-6-19(7-9-22)23-11-24(29)25(30)12-26(23)38-2/h3-12,16H,13-15H2,1-2H3,(H,33,34). The number of halogens is 2. The van der Waals surface area contributed by atoms with Crippen LogP contribution in [-0.2, 0) is 17.9 Å². The number of carbonyl (C=O) groups is 2. The van der Waals surface area contributed by atoms with Crippen LogP contribution in [0, 0.1) is 18.6 Å². The number of rotatable bonds is 10. The average molecular weight is 539 g/mol. The molecule has 0 bridgehead atoms. The van der Waals surface area contributed by atoms with Crippen LogP contribution in [0.2, 0.25) is 0 Å². The minimum absolute atomic E-state index is 0.00818. The van der Waals surface area contributed by atoms with E-state index in [9.17, 15) is 23.5 Å². The second-order valence-electron chi connectivity index (χ2n) is 8.39. The number of aliphatic carboxylic acids is 1. The number of carboxylic acids is 1. The van der Waals surface area contributed by atoms with Crippen LogP contribution in [0.3, 0.4) is 0 Å². The number of oxazole rings is 1. The van der Waals surface area contributed by atoms with E-state index in [-0.39, 0.29) is 13.2 Å². The molecule has 0 radical (unpaired) electrons. The molecule has 1 heterocycles. The molecular weight excluding hydrogens is 514 g/mol. The molecular formula is C28H24F2N2O5S. The monoisotopic (exact) mass is 538 g/mol. The molecule has 0 spiro atoms. The number of carbonyl (C=O) groups excluding carboxylic acids is 1. The van der Waals surface area contributed by atoms with Crippen LogP contribution in [0.15, 0.2) is 76.2 Å². The summed E-state index contributed by atoms with van der Waals surface area (Å²) >= 11 is 1.33. The summed E-state index contributed by atoms with van der Waals surface area (Å²) in [6, 6.07) is 16.1. The molecule has 1 N–H and O–H groups in total. The Kier molecular flexibility index (Phi) is 8.42. The lowest BCUT2D eigenvalue weighted by Crippen LogP contribution is -2.35. The van der Waals surface area contributed by atoms with Gasteiger partial charge in [0.2, 0.25) is 0 Å². The van der Waals surface area contributed by atoms with E-state index in [2.05, 4.69) is 4.98 Å². The number of amides is 1. The van der Waals surface area contributed by atoms with Gasteiger partial charge in [-0.2, -0.15) is 0 Å². The maximum Gasteiger partial charge on any atom is 0.323 e. The zero-order chi connectivity index (χ0) is 27.2. The third-order valence-corrected chi connectivity index (χ3v) is 6.40. The van der Waals surface area contributed by atoms with E-state index in [4.69, 9.17) is 9.15 Å². The lowest BCUT2D eigenvalue weighted by Gasteiger charge is -2.20. The predicted molar refractivity (Wildman–Crippen MR) is 138 cm³/mol. The van der Waals surface area contributed by atoms with Crippen molar-refractivity contribution in [2.75, 3.05) is 12.8 Å². The first kappa shape index (κ1) is 26.9. The molecule has 1 aromatic heterocycles. The van der Waals surface area contributed by atoms with Crippen LogP contribution in [0.1, 0.15) is 27.5 Å². The van der Waals surface area contributed by atoms with E-state index < -0.39 is 30.1 Å². The second kappa shape index (κ2) is 11.9. The number of nitrogens with zero attached hydrogens (tertiary/aromatic N) is 2. The number of ether oxygens (including phenoxy) is 1. The van der Waals surface area contributed by atoms with Gasteiger partial charge in [0.05, 0.1) is 12.2 Å². The lowest BCUT2D eigenvalue weighted by molar-refractivity contribution is -0.137. The number of aromatic nitrogens is 1. The summed E-state index contributed by atoms with van der Waals surface area (Å²) < 4.78 is 38.4. The van der Waals surface area contributed by atoms with Crippen LogP contribution < -0.4 is 4.74 Å². The second-order valence-corrected chi connectivity index (χ2v) is 9.24. The maximum absolute atomic E-state index is 13.8. The molecule has 4 rings (SSSR count). The summed E-state index contributed by atoms with van der Waals surface area (Å²) in [5.74, 6) is -2.44. The van der Waals surface area contributed by atoms with Gasteiger partial charge < -0.3 is 19.2 Å².